The molecule has 4 rings (SSSR count). The smallest absolute Gasteiger partial charge is 0.262 e. The number of para-hydroxylation sites is 1. The molecule has 0 spiro atoms. The van der Waals surface area contributed by atoms with Gasteiger partial charge in [0.25, 0.3) is 5.56 Å². The summed E-state index contributed by atoms with van der Waals surface area (Å²) in [6, 6.07) is 15.0. The quantitative estimate of drug-likeness (QED) is 0.366. The Bertz CT molecular complexity index is 1270. The third-order valence-electron chi connectivity index (χ3n) is 4.39. The Hall–Kier alpha value is -3.59. The fraction of sp³-hybridized carbons (Fsp3) is 0.143. The number of rotatable bonds is 6. The van der Waals surface area contributed by atoms with Crippen LogP contribution in [0.2, 0.25) is 0 Å². The monoisotopic (exact) mass is 421 g/mol. The second-order valence-electron chi connectivity index (χ2n) is 6.54. The number of anilines is 1. The number of nitrogens with one attached hydrogen (secondary N) is 2. The number of fused-ring (bicyclic) bond motifs is 1. The molecule has 0 aliphatic carbocycles. The van der Waals surface area contributed by atoms with Crippen LogP contribution < -0.4 is 15.6 Å². The minimum atomic E-state index is -0.301. The predicted octanol–water partition coefficient (Wildman–Crippen LogP) is 3.16. The van der Waals surface area contributed by atoms with E-state index in [1.807, 2.05) is 49.4 Å². The normalized spacial score (nSPS) is 10.9. The van der Waals surface area contributed by atoms with Gasteiger partial charge in [0.15, 0.2) is 10.8 Å². The van der Waals surface area contributed by atoms with Gasteiger partial charge >= 0.3 is 0 Å². The summed E-state index contributed by atoms with van der Waals surface area (Å²) in [6.45, 7) is 1.93. The first kappa shape index (κ1) is 19.7. The number of benzene rings is 2. The zero-order valence-electron chi connectivity index (χ0n) is 16.4. The van der Waals surface area contributed by atoms with E-state index in [-0.39, 0.29) is 17.2 Å². The van der Waals surface area contributed by atoms with E-state index in [4.69, 9.17) is 4.74 Å². The summed E-state index contributed by atoms with van der Waals surface area (Å²) < 4.78 is 6.89. The van der Waals surface area contributed by atoms with Crippen molar-refractivity contribution in [1.29, 1.82) is 0 Å². The van der Waals surface area contributed by atoms with Gasteiger partial charge in [-0.2, -0.15) is 5.10 Å². The van der Waals surface area contributed by atoms with Crippen molar-refractivity contribution in [2.45, 2.75) is 12.1 Å². The summed E-state index contributed by atoms with van der Waals surface area (Å²) in [5.41, 5.74) is 2.54. The van der Waals surface area contributed by atoms with E-state index in [0.717, 1.165) is 23.0 Å². The van der Waals surface area contributed by atoms with Crippen molar-refractivity contribution in [1.82, 2.24) is 19.7 Å². The van der Waals surface area contributed by atoms with Gasteiger partial charge in [0.05, 0.1) is 30.4 Å². The molecule has 0 saturated heterocycles. The molecule has 2 N–H and O–H groups in total. The second-order valence-corrected chi connectivity index (χ2v) is 7.50. The zero-order chi connectivity index (χ0) is 21.1. The molecule has 0 radical (unpaired) electrons. The van der Waals surface area contributed by atoms with Crippen LogP contribution in [0.4, 0.5) is 5.69 Å². The number of carbonyl (C=O) groups is 1. The van der Waals surface area contributed by atoms with E-state index in [2.05, 4.69) is 20.4 Å². The summed E-state index contributed by atoms with van der Waals surface area (Å²) in [6.07, 6.45) is 1.49. The Labute approximate surface area is 176 Å². The fourth-order valence-corrected chi connectivity index (χ4v) is 3.62. The van der Waals surface area contributed by atoms with Crippen LogP contribution in [0.1, 0.15) is 5.56 Å². The number of hydrogen-bond acceptors (Lipinski definition) is 6. The van der Waals surface area contributed by atoms with Crippen LogP contribution in [0, 0.1) is 6.92 Å². The third kappa shape index (κ3) is 4.06. The van der Waals surface area contributed by atoms with E-state index < -0.39 is 0 Å². The predicted molar refractivity (Wildman–Crippen MR) is 117 cm³/mol. The lowest BCUT2D eigenvalue weighted by atomic mass is 10.2. The molecule has 2 aromatic heterocycles. The average Bonchev–Trinajstić information content (AvgIpc) is 3.18. The molecule has 8 nitrogen and oxygen atoms in total. The fourth-order valence-electron chi connectivity index (χ4n) is 2.96. The molecular formula is C21H19N5O3S. The number of amides is 1. The van der Waals surface area contributed by atoms with Gasteiger partial charge in [0.2, 0.25) is 5.91 Å². The highest BCUT2D eigenvalue weighted by Gasteiger charge is 2.14. The Morgan fingerprint density at radius 1 is 1.23 bits per heavy atom. The number of hydrogen-bond donors (Lipinski definition) is 2. The number of carbonyl (C=O) groups excluding carboxylic acids is 1. The lowest BCUT2D eigenvalue weighted by molar-refractivity contribution is -0.113. The number of ether oxygens (including phenoxy) is 1. The van der Waals surface area contributed by atoms with Crippen LogP contribution in [-0.2, 0) is 4.79 Å². The van der Waals surface area contributed by atoms with Crippen LogP contribution >= 0.6 is 11.8 Å². The summed E-state index contributed by atoms with van der Waals surface area (Å²) in [5, 5.41) is 7.84. The third-order valence-corrected chi connectivity index (χ3v) is 5.26. The average molecular weight is 421 g/mol. The molecule has 0 fully saturated rings. The summed E-state index contributed by atoms with van der Waals surface area (Å²) >= 11 is 1.14. The Morgan fingerprint density at radius 2 is 2.03 bits per heavy atom. The number of methoxy groups -OCH3 is 1. The number of aryl methyl sites for hydroxylation is 1. The Kier molecular flexibility index (Phi) is 5.53. The standard InChI is InChI=1S/C21H19N5O3S/c1-13-8-9-17(29-2)16(10-13)23-18(27)12-30-21-24-19-15(20(28)25-21)11-22-26(19)14-6-4-3-5-7-14/h3-11H,12H2,1-2H3,(H,23,27)(H,24,25,28). The Morgan fingerprint density at radius 3 is 2.80 bits per heavy atom. The maximum Gasteiger partial charge on any atom is 0.262 e. The van der Waals surface area contributed by atoms with E-state index >= 15 is 0 Å². The number of H-pyrrole nitrogens is 1. The maximum atomic E-state index is 12.4. The highest BCUT2D eigenvalue weighted by Crippen LogP contribution is 2.25. The molecule has 0 saturated carbocycles. The minimum Gasteiger partial charge on any atom is -0.495 e. The molecule has 4 aromatic rings. The van der Waals surface area contributed by atoms with Gasteiger partial charge in [0.1, 0.15) is 11.1 Å². The second kappa shape index (κ2) is 8.42. The molecule has 152 valence electrons. The molecule has 0 atom stereocenters. The van der Waals surface area contributed by atoms with Crippen LogP contribution in [0.15, 0.2) is 64.7 Å². The number of thioether (sulfide) groups is 1. The molecule has 30 heavy (non-hydrogen) atoms. The van der Waals surface area contributed by atoms with Crippen LogP contribution in [0.5, 0.6) is 5.75 Å². The highest BCUT2D eigenvalue weighted by atomic mass is 32.2. The van der Waals surface area contributed by atoms with Gasteiger partial charge in [0, 0.05) is 0 Å². The summed E-state index contributed by atoms with van der Waals surface area (Å²) in [4.78, 5) is 32.1. The summed E-state index contributed by atoms with van der Waals surface area (Å²) in [7, 11) is 1.55. The van der Waals surface area contributed by atoms with Gasteiger partial charge in [-0.15, -0.1) is 0 Å². The molecule has 2 aromatic carbocycles. The Balaban J connectivity index is 1.54. The maximum absolute atomic E-state index is 12.4. The first-order valence-corrected chi connectivity index (χ1v) is 10.1. The van der Waals surface area contributed by atoms with E-state index in [1.165, 1.54) is 6.20 Å². The number of aromatic amines is 1. The molecule has 1 amide bonds. The molecule has 0 bridgehead atoms. The molecule has 0 aliphatic rings. The molecule has 2 heterocycles. The van der Waals surface area contributed by atoms with Gasteiger partial charge in [-0.25, -0.2) is 9.67 Å². The van der Waals surface area contributed by atoms with Crippen molar-refractivity contribution in [2.75, 3.05) is 18.2 Å². The van der Waals surface area contributed by atoms with Gasteiger partial charge < -0.3 is 15.0 Å². The zero-order valence-corrected chi connectivity index (χ0v) is 17.2. The van der Waals surface area contributed by atoms with Crippen molar-refractivity contribution in [3.8, 4) is 11.4 Å². The van der Waals surface area contributed by atoms with Gasteiger partial charge in [-0.05, 0) is 36.8 Å². The van der Waals surface area contributed by atoms with Gasteiger partial charge in [-0.3, -0.25) is 9.59 Å². The topological polar surface area (TPSA) is 102 Å². The lowest BCUT2D eigenvalue weighted by Gasteiger charge is -2.10. The van der Waals surface area contributed by atoms with Crippen molar-refractivity contribution >= 4 is 34.4 Å². The van der Waals surface area contributed by atoms with E-state index in [0.29, 0.717) is 27.6 Å². The van der Waals surface area contributed by atoms with Crippen LogP contribution in [0.3, 0.4) is 0 Å². The first-order valence-electron chi connectivity index (χ1n) is 9.16. The minimum absolute atomic E-state index is 0.0744. The van der Waals surface area contributed by atoms with Crippen molar-refractivity contribution in [3.05, 3.63) is 70.6 Å². The van der Waals surface area contributed by atoms with Crippen LogP contribution in [-0.4, -0.2) is 38.5 Å². The van der Waals surface area contributed by atoms with Crippen molar-refractivity contribution in [2.24, 2.45) is 0 Å². The SMILES string of the molecule is COc1ccc(C)cc1NC(=O)CSc1nc2c(cnn2-c2ccccc2)c(=O)[nH]1. The number of aromatic nitrogens is 4. The summed E-state index contributed by atoms with van der Waals surface area (Å²) in [5.74, 6) is 0.423. The molecule has 0 unspecified atom stereocenters. The molecule has 9 heteroatoms. The largest absolute Gasteiger partial charge is 0.495 e. The molecular weight excluding hydrogens is 402 g/mol. The van der Waals surface area contributed by atoms with Crippen LogP contribution in [0.25, 0.3) is 16.7 Å². The van der Waals surface area contributed by atoms with E-state index in [1.54, 1.807) is 17.9 Å². The first-order chi connectivity index (χ1) is 14.5. The molecule has 0 aliphatic heterocycles. The van der Waals surface area contributed by atoms with Crippen molar-refractivity contribution < 1.29 is 9.53 Å². The van der Waals surface area contributed by atoms with Crippen molar-refractivity contribution in [3.63, 3.8) is 0 Å². The highest BCUT2D eigenvalue weighted by molar-refractivity contribution is 7.99. The van der Waals surface area contributed by atoms with E-state index in [9.17, 15) is 9.59 Å². The van der Waals surface area contributed by atoms with Gasteiger partial charge in [-0.1, -0.05) is 36.0 Å². The number of nitrogens with zero attached hydrogens (tertiary/aromatic N) is 3. The lowest BCUT2D eigenvalue weighted by Crippen LogP contribution is -2.16.